The van der Waals surface area contributed by atoms with Crippen molar-refractivity contribution in [1.82, 2.24) is 10.6 Å². The largest absolute Gasteiger partial charge is 0.481 e. The number of carbonyl (C=O) groups excluding carboxylic acids is 2. The van der Waals surface area contributed by atoms with Gasteiger partial charge in [0, 0.05) is 18.9 Å². The van der Waals surface area contributed by atoms with Crippen LogP contribution in [0.3, 0.4) is 0 Å². The van der Waals surface area contributed by atoms with E-state index >= 15 is 0 Å². The summed E-state index contributed by atoms with van der Waals surface area (Å²) in [4.78, 5) is 37.2. The number of hydrogen-bond donors (Lipinski definition) is 3. The van der Waals surface area contributed by atoms with E-state index in [1.54, 1.807) is 0 Å². The number of amides is 2. The van der Waals surface area contributed by atoms with Crippen molar-refractivity contribution in [3.63, 3.8) is 0 Å². The molecular weight excluding hydrogens is 444 g/mol. The highest BCUT2D eigenvalue weighted by Gasteiger charge is 2.45. The summed E-state index contributed by atoms with van der Waals surface area (Å²) in [6.45, 7) is 0.367. The Hall–Kier alpha value is -3.35. The lowest BCUT2D eigenvalue weighted by Crippen LogP contribution is -2.52. The molecule has 184 valence electrons. The monoisotopic (exact) mass is 476 g/mol. The summed E-state index contributed by atoms with van der Waals surface area (Å²) >= 11 is 0. The second-order valence-corrected chi connectivity index (χ2v) is 10.3. The summed E-state index contributed by atoms with van der Waals surface area (Å²) in [6.07, 6.45) is 4.93. The standard InChI is InChI=1S/C28H32N2O5/c31-24(29-18-27(25(32)33)12-7-13-27)16-28(14-5-6-15-28)30-26(34)35-17-23-21-10-3-1-8-19(21)20-9-2-4-11-22(20)23/h1-4,8-11,23H,5-7,12-18H2,(H,29,31)(H,30,34)(H,32,33). The molecule has 3 aliphatic carbocycles. The van der Waals surface area contributed by atoms with Gasteiger partial charge in [-0.3, -0.25) is 9.59 Å². The molecule has 0 unspecified atom stereocenters. The molecule has 2 fully saturated rings. The third-order valence-electron chi connectivity index (χ3n) is 8.16. The minimum absolute atomic E-state index is 0.0225. The van der Waals surface area contributed by atoms with Crippen LogP contribution in [0.2, 0.25) is 0 Å². The van der Waals surface area contributed by atoms with Crippen molar-refractivity contribution < 1.29 is 24.2 Å². The predicted octanol–water partition coefficient (Wildman–Crippen LogP) is 4.60. The van der Waals surface area contributed by atoms with E-state index in [0.717, 1.165) is 30.4 Å². The van der Waals surface area contributed by atoms with Gasteiger partial charge < -0.3 is 20.5 Å². The van der Waals surface area contributed by atoms with E-state index in [0.29, 0.717) is 25.7 Å². The molecule has 0 spiro atoms. The molecule has 0 aliphatic heterocycles. The zero-order chi connectivity index (χ0) is 24.5. The Bertz CT molecular complexity index is 1090. The number of ether oxygens (including phenoxy) is 1. The highest BCUT2D eigenvalue weighted by molar-refractivity contribution is 5.81. The topological polar surface area (TPSA) is 105 Å². The molecule has 0 atom stereocenters. The van der Waals surface area contributed by atoms with Gasteiger partial charge in [-0.2, -0.15) is 0 Å². The molecule has 5 rings (SSSR count). The van der Waals surface area contributed by atoms with Crippen molar-refractivity contribution in [2.24, 2.45) is 5.41 Å². The summed E-state index contributed by atoms with van der Waals surface area (Å²) in [5.74, 6) is -1.10. The zero-order valence-corrected chi connectivity index (χ0v) is 19.8. The van der Waals surface area contributed by atoms with Crippen molar-refractivity contribution in [2.75, 3.05) is 13.2 Å². The van der Waals surface area contributed by atoms with Crippen molar-refractivity contribution >= 4 is 18.0 Å². The Morgan fingerprint density at radius 2 is 1.49 bits per heavy atom. The predicted molar refractivity (Wildman–Crippen MR) is 131 cm³/mol. The highest BCUT2D eigenvalue weighted by atomic mass is 16.5. The molecule has 3 N–H and O–H groups in total. The summed E-state index contributed by atoms with van der Waals surface area (Å²) < 4.78 is 5.72. The van der Waals surface area contributed by atoms with Gasteiger partial charge in [-0.1, -0.05) is 67.8 Å². The van der Waals surface area contributed by atoms with Gasteiger partial charge in [-0.15, -0.1) is 0 Å². The van der Waals surface area contributed by atoms with Crippen LogP contribution in [-0.4, -0.2) is 41.8 Å². The van der Waals surface area contributed by atoms with Crippen LogP contribution in [0.4, 0.5) is 4.79 Å². The molecule has 0 radical (unpaired) electrons. The van der Waals surface area contributed by atoms with Crippen LogP contribution >= 0.6 is 0 Å². The Morgan fingerprint density at radius 3 is 2.03 bits per heavy atom. The molecule has 0 saturated heterocycles. The quantitative estimate of drug-likeness (QED) is 0.517. The van der Waals surface area contributed by atoms with Crippen LogP contribution < -0.4 is 10.6 Å². The lowest BCUT2D eigenvalue weighted by molar-refractivity contribution is -0.154. The number of carboxylic acid groups (broad SMARTS) is 1. The fourth-order valence-corrected chi connectivity index (χ4v) is 5.96. The maximum atomic E-state index is 12.9. The number of carboxylic acids is 1. The van der Waals surface area contributed by atoms with Gasteiger partial charge in [0.15, 0.2) is 0 Å². The molecular formula is C28H32N2O5. The summed E-state index contributed by atoms with van der Waals surface area (Å²) in [5, 5.41) is 15.3. The first-order valence-corrected chi connectivity index (χ1v) is 12.5. The van der Waals surface area contributed by atoms with E-state index in [1.165, 1.54) is 11.1 Å². The molecule has 35 heavy (non-hydrogen) atoms. The number of nitrogens with one attached hydrogen (secondary N) is 2. The van der Waals surface area contributed by atoms with Gasteiger partial charge in [0.1, 0.15) is 6.61 Å². The maximum Gasteiger partial charge on any atom is 0.407 e. The normalized spacial score (nSPS) is 19.2. The number of carbonyl (C=O) groups is 3. The highest BCUT2D eigenvalue weighted by Crippen LogP contribution is 2.44. The summed E-state index contributed by atoms with van der Waals surface area (Å²) in [5.41, 5.74) is 3.17. The second-order valence-electron chi connectivity index (χ2n) is 10.3. The number of rotatable bonds is 8. The van der Waals surface area contributed by atoms with Crippen LogP contribution in [-0.2, 0) is 14.3 Å². The van der Waals surface area contributed by atoms with Gasteiger partial charge in [0.05, 0.1) is 11.0 Å². The zero-order valence-electron chi connectivity index (χ0n) is 19.8. The van der Waals surface area contributed by atoms with Gasteiger partial charge in [0.2, 0.25) is 5.91 Å². The van der Waals surface area contributed by atoms with Crippen LogP contribution in [0.25, 0.3) is 11.1 Å². The molecule has 7 heteroatoms. The maximum absolute atomic E-state index is 12.9. The number of benzene rings is 2. The Labute approximate surface area is 205 Å². The molecule has 2 saturated carbocycles. The minimum Gasteiger partial charge on any atom is -0.481 e. The van der Waals surface area contributed by atoms with Gasteiger partial charge in [-0.05, 0) is 47.9 Å². The number of hydrogen-bond acceptors (Lipinski definition) is 4. The third-order valence-corrected chi connectivity index (χ3v) is 8.16. The van der Waals surface area contributed by atoms with Crippen molar-refractivity contribution in [3.8, 4) is 11.1 Å². The second kappa shape index (κ2) is 9.36. The molecule has 2 aromatic carbocycles. The average molecular weight is 477 g/mol. The molecule has 0 aromatic heterocycles. The van der Waals surface area contributed by atoms with Crippen LogP contribution in [0.1, 0.15) is 68.4 Å². The van der Waals surface area contributed by atoms with E-state index in [-0.39, 0.29) is 31.4 Å². The first-order chi connectivity index (χ1) is 16.9. The lowest BCUT2D eigenvalue weighted by Gasteiger charge is -2.38. The van der Waals surface area contributed by atoms with Gasteiger partial charge in [0.25, 0.3) is 0 Å². The molecule has 3 aliphatic rings. The van der Waals surface area contributed by atoms with Gasteiger partial charge >= 0.3 is 12.1 Å². The average Bonchev–Trinajstić information content (AvgIpc) is 3.39. The Morgan fingerprint density at radius 1 is 0.886 bits per heavy atom. The third kappa shape index (κ3) is 4.51. The van der Waals surface area contributed by atoms with Crippen LogP contribution in [0, 0.1) is 5.41 Å². The van der Waals surface area contributed by atoms with E-state index in [1.807, 2.05) is 24.3 Å². The molecule has 2 aromatic rings. The minimum atomic E-state index is -0.851. The SMILES string of the molecule is O=C(CC1(NC(=O)OCC2c3ccccc3-c3ccccc32)CCCC1)NCC1(C(=O)O)CCC1. The molecule has 2 amide bonds. The summed E-state index contributed by atoms with van der Waals surface area (Å²) in [6, 6.07) is 16.4. The summed E-state index contributed by atoms with van der Waals surface area (Å²) in [7, 11) is 0. The number of aliphatic carboxylic acids is 1. The first-order valence-electron chi connectivity index (χ1n) is 12.5. The van der Waals surface area contributed by atoms with E-state index in [4.69, 9.17) is 4.74 Å². The number of fused-ring (bicyclic) bond motifs is 3. The Kier molecular flexibility index (Phi) is 6.26. The fraction of sp³-hybridized carbons (Fsp3) is 0.464. The van der Waals surface area contributed by atoms with E-state index < -0.39 is 23.0 Å². The molecule has 0 heterocycles. The van der Waals surface area contributed by atoms with E-state index in [9.17, 15) is 19.5 Å². The van der Waals surface area contributed by atoms with Gasteiger partial charge in [-0.25, -0.2) is 4.79 Å². The fourth-order valence-electron chi connectivity index (χ4n) is 5.96. The number of alkyl carbamates (subject to hydrolysis) is 1. The first kappa shape index (κ1) is 23.4. The van der Waals surface area contributed by atoms with Crippen LogP contribution in [0.15, 0.2) is 48.5 Å². The van der Waals surface area contributed by atoms with Crippen molar-refractivity contribution in [1.29, 1.82) is 0 Å². The molecule has 0 bridgehead atoms. The van der Waals surface area contributed by atoms with E-state index in [2.05, 4.69) is 34.9 Å². The van der Waals surface area contributed by atoms with Crippen LogP contribution in [0.5, 0.6) is 0 Å². The smallest absolute Gasteiger partial charge is 0.407 e. The van der Waals surface area contributed by atoms with Crippen molar-refractivity contribution in [3.05, 3.63) is 59.7 Å². The Balaban J connectivity index is 1.20. The molecule has 7 nitrogen and oxygen atoms in total. The lowest BCUT2D eigenvalue weighted by atomic mass is 9.69. The van der Waals surface area contributed by atoms with Crippen molar-refractivity contribution in [2.45, 2.75) is 62.8 Å².